The van der Waals surface area contributed by atoms with Gasteiger partial charge in [-0.25, -0.2) is 0 Å². The fourth-order valence-electron chi connectivity index (χ4n) is 1.09. The number of carboxylic acid groups (broad SMARTS) is 1. The Morgan fingerprint density at radius 3 is 1.17 bits per heavy atom. The lowest BCUT2D eigenvalue weighted by Crippen LogP contribution is -2.70. The van der Waals surface area contributed by atoms with Crippen LogP contribution in [-0.4, -0.2) is 41.8 Å². The number of halogens is 13. The SMILES string of the molecule is O=C([O-])CC(F)(F)C(F)(F)C(F)(F)C(F)(F)C(F)(F)C(F)(F)F. The maximum Gasteiger partial charge on any atom is 0.460 e. The highest BCUT2D eigenvalue weighted by Gasteiger charge is 2.90. The summed E-state index contributed by atoms with van der Waals surface area (Å²) in [5.74, 6) is -41.2. The molecule has 0 unspecified atom stereocenters. The molecule has 0 N–H and O–H groups in total. The van der Waals surface area contributed by atoms with Crippen LogP contribution < -0.4 is 5.11 Å². The van der Waals surface area contributed by atoms with E-state index in [9.17, 15) is 67.0 Å². The Morgan fingerprint density at radius 1 is 0.609 bits per heavy atom. The number of carboxylic acids is 1. The van der Waals surface area contributed by atoms with Gasteiger partial charge >= 0.3 is 35.8 Å². The second kappa shape index (κ2) is 5.29. The normalized spacial score (nSPS) is 15.7. The molecule has 0 radical (unpaired) electrons. The van der Waals surface area contributed by atoms with E-state index < -0.39 is 48.2 Å². The molecule has 0 aromatic rings. The first-order valence-corrected chi connectivity index (χ1v) is 4.82. The summed E-state index contributed by atoms with van der Waals surface area (Å²) >= 11 is 0. The third-order valence-corrected chi connectivity index (χ3v) is 2.36. The number of hydrogen-bond donors (Lipinski definition) is 0. The molecule has 0 aromatic carbocycles. The molecular weight excluding hydrogens is 375 g/mol. The molecule has 0 saturated heterocycles. The van der Waals surface area contributed by atoms with Gasteiger partial charge in [0.15, 0.2) is 0 Å². The summed E-state index contributed by atoms with van der Waals surface area (Å²) in [5, 5.41) is 9.71. The van der Waals surface area contributed by atoms with E-state index in [1.54, 1.807) is 0 Å². The average Bonchev–Trinajstić information content (AvgIpc) is 2.24. The highest BCUT2D eigenvalue weighted by molar-refractivity contribution is 5.65. The number of hydrogen-bond acceptors (Lipinski definition) is 2. The van der Waals surface area contributed by atoms with Crippen molar-refractivity contribution in [2.45, 2.75) is 42.2 Å². The first kappa shape index (κ1) is 21.6. The van der Waals surface area contributed by atoms with Crippen molar-refractivity contribution >= 4 is 5.97 Å². The molecule has 2 nitrogen and oxygen atoms in total. The second-order valence-electron chi connectivity index (χ2n) is 4.05. The molecule has 0 aliphatic rings. The van der Waals surface area contributed by atoms with Gasteiger partial charge in [0.25, 0.3) is 0 Å². The molecule has 0 rings (SSSR count). The first-order valence-electron chi connectivity index (χ1n) is 4.82. The molecule has 0 atom stereocenters. The lowest BCUT2D eigenvalue weighted by atomic mass is 9.92. The van der Waals surface area contributed by atoms with E-state index in [-0.39, 0.29) is 0 Å². The predicted octanol–water partition coefficient (Wildman–Crippen LogP) is 2.87. The van der Waals surface area contributed by atoms with Crippen molar-refractivity contribution in [1.82, 2.24) is 0 Å². The highest BCUT2D eigenvalue weighted by Crippen LogP contribution is 2.60. The van der Waals surface area contributed by atoms with Gasteiger partial charge in [0, 0.05) is 5.97 Å². The molecule has 0 spiro atoms. The zero-order chi connectivity index (χ0) is 19.3. The average molecular weight is 377 g/mol. The van der Waals surface area contributed by atoms with Crippen molar-refractivity contribution in [2.24, 2.45) is 0 Å². The van der Waals surface area contributed by atoms with Gasteiger partial charge in [0.05, 0.1) is 6.42 Å². The standard InChI is InChI=1S/C8H3F13O2/c9-3(10,1-2(22)23)4(11,12)5(13,14)6(15,16)7(17,18)8(19,20)21/h1H2,(H,22,23)/p-1. The van der Waals surface area contributed by atoms with Crippen LogP contribution in [-0.2, 0) is 4.79 Å². The molecule has 0 aromatic heterocycles. The first-order chi connectivity index (χ1) is 9.67. The molecule has 23 heavy (non-hydrogen) atoms. The number of carbonyl (C=O) groups excluding carboxylic acids is 1. The minimum absolute atomic E-state index is 3.18. The smallest absolute Gasteiger partial charge is 0.460 e. The summed E-state index contributed by atoms with van der Waals surface area (Å²) in [7, 11) is 0. The van der Waals surface area contributed by atoms with E-state index in [1.807, 2.05) is 0 Å². The number of rotatable bonds is 6. The summed E-state index contributed by atoms with van der Waals surface area (Å²) in [6.07, 6.45) is -10.8. The van der Waals surface area contributed by atoms with Crippen molar-refractivity contribution in [3.8, 4) is 0 Å². The summed E-state index contributed by atoms with van der Waals surface area (Å²) in [6.45, 7) is 0. The summed E-state index contributed by atoms with van der Waals surface area (Å²) in [5.41, 5.74) is 0. The Morgan fingerprint density at radius 2 is 0.913 bits per heavy atom. The van der Waals surface area contributed by atoms with E-state index in [1.165, 1.54) is 0 Å². The Hall–Kier alpha value is -1.44. The lowest BCUT2D eigenvalue weighted by Gasteiger charge is -2.39. The van der Waals surface area contributed by atoms with Gasteiger partial charge in [0.2, 0.25) is 0 Å². The largest absolute Gasteiger partial charge is 0.550 e. The molecule has 15 heteroatoms. The van der Waals surface area contributed by atoms with Crippen LogP contribution in [0.25, 0.3) is 0 Å². The molecule has 0 aliphatic carbocycles. The number of alkyl halides is 13. The maximum absolute atomic E-state index is 12.8. The van der Waals surface area contributed by atoms with Crippen molar-refractivity contribution < 1.29 is 67.0 Å². The Bertz CT molecular complexity index is 463. The van der Waals surface area contributed by atoms with Crippen LogP contribution in [0, 0.1) is 0 Å². The zero-order valence-corrected chi connectivity index (χ0v) is 9.94. The van der Waals surface area contributed by atoms with Crippen LogP contribution in [0.4, 0.5) is 57.1 Å². The summed E-state index contributed by atoms with van der Waals surface area (Å²) in [6, 6.07) is 0. The van der Waals surface area contributed by atoms with Crippen molar-refractivity contribution in [3.05, 3.63) is 0 Å². The zero-order valence-electron chi connectivity index (χ0n) is 9.94. The molecule has 0 aliphatic heterocycles. The van der Waals surface area contributed by atoms with Crippen molar-refractivity contribution in [2.75, 3.05) is 0 Å². The minimum Gasteiger partial charge on any atom is -0.550 e. The van der Waals surface area contributed by atoms with Gasteiger partial charge in [-0.05, 0) is 0 Å². The molecule has 138 valence electrons. The van der Waals surface area contributed by atoms with Gasteiger partial charge in [0.1, 0.15) is 0 Å². The fraction of sp³-hybridized carbons (Fsp3) is 0.875. The van der Waals surface area contributed by atoms with E-state index >= 15 is 0 Å². The van der Waals surface area contributed by atoms with Crippen LogP contribution in [0.2, 0.25) is 0 Å². The predicted molar refractivity (Wildman–Crippen MR) is 40.4 cm³/mol. The summed E-state index contributed by atoms with van der Waals surface area (Å²) < 4.78 is 161. The van der Waals surface area contributed by atoms with Crippen LogP contribution in [0.5, 0.6) is 0 Å². The quantitative estimate of drug-likeness (QED) is 0.668. The Balaban J connectivity index is 6.19. The van der Waals surface area contributed by atoms with Crippen LogP contribution in [0.1, 0.15) is 6.42 Å². The van der Waals surface area contributed by atoms with Crippen LogP contribution in [0.3, 0.4) is 0 Å². The van der Waals surface area contributed by atoms with Gasteiger partial charge < -0.3 is 9.90 Å². The molecule has 0 saturated carbocycles. The fourth-order valence-corrected chi connectivity index (χ4v) is 1.09. The molecule has 0 amide bonds. The molecule has 0 fully saturated rings. The lowest BCUT2D eigenvalue weighted by molar-refractivity contribution is -0.440. The van der Waals surface area contributed by atoms with Crippen LogP contribution >= 0.6 is 0 Å². The van der Waals surface area contributed by atoms with Gasteiger partial charge in [-0.15, -0.1) is 0 Å². The van der Waals surface area contributed by atoms with Crippen molar-refractivity contribution in [3.63, 3.8) is 0 Å². The van der Waals surface area contributed by atoms with Gasteiger partial charge in [-0.3, -0.25) is 0 Å². The molecule has 0 heterocycles. The Kier molecular flexibility index (Phi) is 4.96. The number of aliphatic carboxylic acids is 1. The van der Waals surface area contributed by atoms with Crippen LogP contribution in [0.15, 0.2) is 0 Å². The summed E-state index contributed by atoms with van der Waals surface area (Å²) in [4.78, 5) is 9.71. The van der Waals surface area contributed by atoms with E-state index in [0.29, 0.717) is 0 Å². The second-order valence-corrected chi connectivity index (χ2v) is 4.05. The number of carbonyl (C=O) groups is 1. The minimum atomic E-state index is -8.03. The third-order valence-electron chi connectivity index (χ3n) is 2.36. The van der Waals surface area contributed by atoms with E-state index in [4.69, 9.17) is 0 Å². The molecular formula is C8H2F13O2-. The monoisotopic (exact) mass is 377 g/mol. The van der Waals surface area contributed by atoms with Gasteiger partial charge in [-0.1, -0.05) is 0 Å². The van der Waals surface area contributed by atoms with E-state index in [2.05, 4.69) is 0 Å². The molecule has 0 bridgehead atoms. The topological polar surface area (TPSA) is 40.1 Å². The third kappa shape index (κ3) is 3.00. The Labute approximate surface area is 116 Å². The van der Waals surface area contributed by atoms with E-state index in [0.717, 1.165) is 0 Å². The van der Waals surface area contributed by atoms with Crippen molar-refractivity contribution in [1.29, 1.82) is 0 Å². The highest BCUT2D eigenvalue weighted by atomic mass is 19.4. The maximum atomic E-state index is 12.8. The van der Waals surface area contributed by atoms with Gasteiger partial charge in [-0.2, -0.15) is 57.1 Å².